The maximum atomic E-state index is 13.1. The zero-order valence-electron chi connectivity index (χ0n) is 14.4. The lowest BCUT2D eigenvalue weighted by atomic mass is 10.1. The van der Waals surface area contributed by atoms with Crippen LogP contribution in [0.2, 0.25) is 0 Å². The lowest BCUT2D eigenvalue weighted by Crippen LogP contribution is -2.31. The summed E-state index contributed by atoms with van der Waals surface area (Å²) in [5, 5.41) is 4.08. The first-order valence-electron chi connectivity index (χ1n) is 8.57. The molecule has 2 aliphatic rings. The summed E-state index contributed by atoms with van der Waals surface area (Å²) in [7, 11) is 3.13. The van der Waals surface area contributed by atoms with Gasteiger partial charge in [0.15, 0.2) is 5.82 Å². The fraction of sp³-hybridized carbons (Fsp3) is 0.500. The van der Waals surface area contributed by atoms with Crippen LogP contribution in [0.3, 0.4) is 0 Å². The number of nitrogens with zero attached hydrogens (tertiary/aromatic N) is 3. The molecule has 0 spiro atoms. The van der Waals surface area contributed by atoms with Crippen LogP contribution in [0.5, 0.6) is 11.5 Å². The van der Waals surface area contributed by atoms with Crippen molar-refractivity contribution in [3.05, 3.63) is 35.5 Å². The second-order valence-corrected chi connectivity index (χ2v) is 6.49. The zero-order valence-corrected chi connectivity index (χ0v) is 14.4. The van der Waals surface area contributed by atoms with Crippen LogP contribution in [0.15, 0.2) is 22.7 Å². The molecule has 1 saturated heterocycles. The van der Waals surface area contributed by atoms with Gasteiger partial charge in [-0.1, -0.05) is 5.16 Å². The quantitative estimate of drug-likeness (QED) is 0.831. The minimum atomic E-state index is -0.167. The van der Waals surface area contributed by atoms with Crippen molar-refractivity contribution in [3.63, 3.8) is 0 Å². The number of carbonyl (C=O) groups is 1. The molecule has 7 nitrogen and oxygen atoms in total. The number of likely N-dealkylation sites (tertiary alicyclic amines) is 1. The topological polar surface area (TPSA) is 77.7 Å². The molecule has 1 aliphatic carbocycles. The number of amides is 1. The van der Waals surface area contributed by atoms with E-state index in [1.54, 1.807) is 37.3 Å². The van der Waals surface area contributed by atoms with Crippen LogP contribution >= 0.6 is 0 Å². The molecule has 2 heterocycles. The molecule has 1 aliphatic heterocycles. The van der Waals surface area contributed by atoms with Gasteiger partial charge in [0.1, 0.15) is 17.5 Å². The zero-order chi connectivity index (χ0) is 17.4. The molecule has 7 heteroatoms. The summed E-state index contributed by atoms with van der Waals surface area (Å²) < 4.78 is 16.0. The Kier molecular flexibility index (Phi) is 4.07. The minimum absolute atomic E-state index is 0.0897. The molecule has 2 fully saturated rings. The summed E-state index contributed by atoms with van der Waals surface area (Å²) in [5.74, 6) is 2.81. The maximum Gasteiger partial charge on any atom is 0.258 e. The Morgan fingerprint density at radius 2 is 2.08 bits per heavy atom. The average molecular weight is 343 g/mol. The van der Waals surface area contributed by atoms with Crippen molar-refractivity contribution in [1.29, 1.82) is 0 Å². The molecule has 1 amide bonds. The van der Waals surface area contributed by atoms with E-state index in [2.05, 4.69) is 10.1 Å². The largest absolute Gasteiger partial charge is 0.497 e. The van der Waals surface area contributed by atoms with Gasteiger partial charge in [-0.15, -0.1) is 0 Å². The van der Waals surface area contributed by atoms with Gasteiger partial charge >= 0.3 is 0 Å². The molecule has 0 radical (unpaired) electrons. The third-order valence-electron chi connectivity index (χ3n) is 4.84. The fourth-order valence-electron chi connectivity index (χ4n) is 3.29. The molecule has 0 bridgehead atoms. The Labute approximate surface area is 145 Å². The number of aromatic nitrogens is 2. The number of rotatable bonds is 5. The van der Waals surface area contributed by atoms with Gasteiger partial charge in [-0.05, 0) is 37.8 Å². The number of hydrogen-bond donors (Lipinski definition) is 0. The van der Waals surface area contributed by atoms with Crippen LogP contribution in [0.1, 0.15) is 59.7 Å². The van der Waals surface area contributed by atoms with Crippen LogP contribution in [-0.4, -0.2) is 41.7 Å². The second kappa shape index (κ2) is 6.38. The Balaban J connectivity index is 1.59. The third-order valence-corrected chi connectivity index (χ3v) is 4.84. The molecular formula is C18H21N3O4. The highest BCUT2D eigenvalue weighted by atomic mass is 16.5. The van der Waals surface area contributed by atoms with Crippen molar-refractivity contribution in [2.75, 3.05) is 20.8 Å². The normalized spacial score (nSPS) is 19.9. The number of ether oxygens (including phenoxy) is 2. The molecule has 25 heavy (non-hydrogen) atoms. The summed E-state index contributed by atoms with van der Waals surface area (Å²) in [4.78, 5) is 19.4. The predicted octanol–water partition coefficient (Wildman–Crippen LogP) is 2.94. The van der Waals surface area contributed by atoms with Crippen molar-refractivity contribution in [3.8, 4) is 11.5 Å². The molecule has 1 unspecified atom stereocenters. The third kappa shape index (κ3) is 2.94. The Morgan fingerprint density at radius 3 is 2.80 bits per heavy atom. The Bertz CT molecular complexity index is 784. The first-order chi connectivity index (χ1) is 12.2. The highest BCUT2D eigenvalue weighted by molar-refractivity contribution is 5.97. The standard InChI is InChI=1S/C18H21N3O4/c1-23-12-7-8-13(15(10-12)24-2)18(22)21-9-3-4-14(21)17-19-16(20-25-17)11-5-6-11/h7-8,10-11,14H,3-6,9H2,1-2H3. The summed E-state index contributed by atoms with van der Waals surface area (Å²) in [6, 6.07) is 5.05. The monoisotopic (exact) mass is 343 g/mol. The van der Waals surface area contributed by atoms with Crippen LogP contribution in [-0.2, 0) is 0 Å². The van der Waals surface area contributed by atoms with Gasteiger partial charge in [0.05, 0.1) is 19.8 Å². The van der Waals surface area contributed by atoms with E-state index in [0.29, 0.717) is 35.4 Å². The lowest BCUT2D eigenvalue weighted by Gasteiger charge is -2.23. The lowest BCUT2D eigenvalue weighted by molar-refractivity contribution is 0.0706. The highest BCUT2D eigenvalue weighted by Gasteiger charge is 2.37. The Hall–Kier alpha value is -2.57. The molecular weight excluding hydrogens is 322 g/mol. The van der Waals surface area contributed by atoms with Crippen molar-refractivity contribution in [2.45, 2.75) is 37.6 Å². The fourth-order valence-corrected chi connectivity index (χ4v) is 3.29. The molecule has 2 aromatic rings. The first kappa shape index (κ1) is 15.9. The molecule has 1 aromatic heterocycles. The number of methoxy groups -OCH3 is 2. The molecule has 1 saturated carbocycles. The van der Waals surface area contributed by atoms with E-state index in [1.165, 1.54) is 0 Å². The van der Waals surface area contributed by atoms with Crippen LogP contribution in [0.25, 0.3) is 0 Å². The number of hydrogen-bond acceptors (Lipinski definition) is 6. The van der Waals surface area contributed by atoms with Gasteiger partial charge in [0, 0.05) is 18.5 Å². The number of carbonyl (C=O) groups excluding carboxylic acids is 1. The molecule has 132 valence electrons. The van der Waals surface area contributed by atoms with Gasteiger partial charge in [-0.3, -0.25) is 4.79 Å². The molecule has 4 rings (SSSR count). The molecule has 0 N–H and O–H groups in total. The van der Waals surface area contributed by atoms with Crippen LogP contribution in [0.4, 0.5) is 0 Å². The van der Waals surface area contributed by atoms with E-state index >= 15 is 0 Å². The molecule has 1 aromatic carbocycles. The summed E-state index contributed by atoms with van der Waals surface area (Å²) in [6.45, 7) is 0.666. The smallest absolute Gasteiger partial charge is 0.258 e. The van der Waals surface area contributed by atoms with Gasteiger partial charge in [0.2, 0.25) is 5.89 Å². The van der Waals surface area contributed by atoms with Crippen molar-refractivity contribution < 1.29 is 18.8 Å². The second-order valence-electron chi connectivity index (χ2n) is 6.49. The van der Waals surface area contributed by atoms with E-state index in [4.69, 9.17) is 14.0 Å². The highest BCUT2D eigenvalue weighted by Crippen LogP contribution is 2.40. The van der Waals surface area contributed by atoms with E-state index in [0.717, 1.165) is 31.5 Å². The Morgan fingerprint density at radius 1 is 1.24 bits per heavy atom. The van der Waals surface area contributed by atoms with Gasteiger partial charge in [-0.2, -0.15) is 4.98 Å². The van der Waals surface area contributed by atoms with Gasteiger partial charge in [-0.25, -0.2) is 0 Å². The average Bonchev–Trinajstić information content (AvgIpc) is 3.19. The summed E-state index contributed by atoms with van der Waals surface area (Å²) >= 11 is 0. The van der Waals surface area contributed by atoms with Crippen LogP contribution < -0.4 is 9.47 Å². The SMILES string of the molecule is COc1ccc(C(=O)N2CCCC2c2nc(C3CC3)no2)c(OC)c1. The van der Waals surface area contributed by atoms with Gasteiger partial charge < -0.3 is 18.9 Å². The van der Waals surface area contributed by atoms with Crippen LogP contribution in [0, 0.1) is 0 Å². The van der Waals surface area contributed by atoms with E-state index in [-0.39, 0.29) is 11.9 Å². The van der Waals surface area contributed by atoms with E-state index < -0.39 is 0 Å². The number of benzene rings is 1. The molecule has 1 atom stereocenters. The van der Waals surface area contributed by atoms with Gasteiger partial charge in [0.25, 0.3) is 5.91 Å². The maximum absolute atomic E-state index is 13.1. The van der Waals surface area contributed by atoms with Crippen molar-refractivity contribution >= 4 is 5.91 Å². The van der Waals surface area contributed by atoms with E-state index in [9.17, 15) is 4.79 Å². The van der Waals surface area contributed by atoms with Crippen molar-refractivity contribution in [1.82, 2.24) is 15.0 Å². The van der Waals surface area contributed by atoms with E-state index in [1.807, 2.05) is 0 Å². The first-order valence-corrected chi connectivity index (χ1v) is 8.57. The van der Waals surface area contributed by atoms with Crippen molar-refractivity contribution in [2.24, 2.45) is 0 Å². The summed E-state index contributed by atoms with van der Waals surface area (Å²) in [6.07, 6.45) is 3.98. The predicted molar refractivity (Wildman–Crippen MR) is 88.8 cm³/mol. The summed E-state index contributed by atoms with van der Waals surface area (Å²) in [5.41, 5.74) is 0.511. The minimum Gasteiger partial charge on any atom is -0.497 e.